The predicted octanol–water partition coefficient (Wildman–Crippen LogP) is 2.50. The van der Waals surface area contributed by atoms with Gasteiger partial charge in [-0.25, -0.2) is 0 Å². The number of hydrogen-bond acceptors (Lipinski definition) is 2. The largest absolute Gasteiger partial charge is 0.481 e. The van der Waals surface area contributed by atoms with Crippen molar-refractivity contribution >= 4 is 22.8 Å². The van der Waals surface area contributed by atoms with Crippen molar-refractivity contribution in [3.63, 3.8) is 0 Å². The van der Waals surface area contributed by atoms with Gasteiger partial charge in [0.1, 0.15) is 0 Å². The number of carbonyl (C=O) groups is 2. The Balaban J connectivity index is 1.97. The van der Waals surface area contributed by atoms with Crippen molar-refractivity contribution in [1.29, 1.82) is 0 Å². The third kappa shape index (κ3) is 2.26. The molecule has 5 nitrogen and oxygen atoms in total. The number of aliphatic carboxylic acids is 1. The van der Waals surface area contributed by atoms with Crippen molar-refractivity contribution in [2.75, 3.05) is 6.54 Å². The molecule has 2 heterocycles. The first-order valence-electron chi connectivity index (χ1n) is 7.58. The van der Waals surface area contributed by atoms with Crippen LogP contribution in [0.5, 0.6) is 0 Å². The van der Waals surface area contributed by atoms with Crippen LogP contribution in [0.1, 0.15) is 30.1 Å². The molecule has 1 fully saturated rings. The summed E-state index contributed by atoms with van der Waals surface area (Å²) in [6.07, 6.45) is 3.21. The Labute approximate surface area is 129 Å². The molecule has 0 unspecified atom stereocenters. The number of piperidine rings is 1. The fraction of sp³-hybridized carbons (Fsp3) is 0.412. The second kappa shape index (κ2) is 5.48. The summed E-state index contributed by atoms with van der Waals surface area (Å²) in [6.45, 7) is 2.45. The molecule has 3 rings (SSSR count). The highest BCUT2D eigenvalue weighted by molar-refractivity contribution is 6.07. The number of nitrogens with zero attached hydrogens (tertiary/aromatic N) is 2. The highest BCUT2D eigenvalue weighted by Gasteiger charge is 2.36. The topological polar surface area (TPSA) is 62.5 Å². The number of carboxylic acid groups (broad SMARTS) is 1. The van der Waals surface area contributed by atoms with E-state index in [1.54, 1.807) is 4.90 Å². The van der Waals surface area contributed by atoms with E-state index in [2.05, 4.69) is 0 Å². The molecule has 1 N–H and O–H groups in total. The fourth-order valence-corrected chi connectivity index (χ4v) is 3.43. The number of aryl methyl sites for hydroxylation is 1. The van der Waals surface area contributed by atoms with Gasteiger partial charge in [-0.2, -0.15) is 0 Å². The Kier molecular flexibility index (Phi) is 3.64. The van der Waals surface area contributed by atoms with Gasteiger partial charge in [-0.15, -0.1) is 0 Å². The van der Waals surface area contributed by atoms with Gasteiger partial charge in [-0.05, 0) is 25.8 Å². The lowest BCUT2D eigenvalue weighted by Crippen LogP contribution is -2.49. The van der Waals surface area contributed by atoms with E-state index in [9.17, 15) is 14.7 Å². The number of aromatic nitrogens is 1. The monoisotopic (exact) mass is 300 g/mol. The van der Waals surface area contributed by atoms with Gasteiger partial charge in [0.25, 0.3) is 5.91 Å². The van der Waals surface area contributed by atoms with Gasteiger partial charge in [-0.3, -0.25) is 9.59 Å². The van der Waals surface area contributed by atoms with Crippen LogP contribution in [0.25, 0.3) is 10.9 Å². The first-order chi connectivity index (χ1) is 10.5. The van der Waals surface area contributed by atoms with E-state index in [-0.39, 0.29) is 11.9 Å². The Morgan fingerprint density at radius 3 is 2.73 bits per heavy atom. The van der Waals surface area contributed by atoms with E-state index in [0.717, 1.165) is 17.3 Å². The van der Waals surface area contributed by atoms with Crippen molar-refractivity contribution < 1.29 is 14.7 Å². The summed E-state index contributed by atoms with van der Waals surface area (Å²) in [5.41, 5.74) is 1.65. The van der Waals surface area contributed by atoms with Crippen LogP contribution in [-0.2, 0) is 11.8 Å². The van der Waals surface area contributed by atoms with E-state index in [4.69, 9.17) is 0 Å². The number of carboxylic acids is 1. The van der Waals surface area contributed by atoms with Gasteiger partial charge in [0.05, 0.1) is 11.5 Å². The van der Waals surface area contributed by atoms with E-state index in [1.165, 1.54) is 0 Å². The van der Waals surface area contributed by atoms with Gasteiger partial charge in [0.15, 0.2) is 0 Å². The van der Waals surface area contributed by atoms with Crippen LogP contribution in [0.15, 0.2) is 30.5 Å². The highest BCUT2D eigenvalue weighted by atomic mass is 16.4. The van der Waals surface area contributed by atoms with Crippen molar-refractivity contribution in [3.8, 4) is 0 Å². The van der Waals surface area contributed by atoms with Crippen molar-refractivity contribution in [3.05, 3.63) is 36.0 Å². The predicted molar refractivity (Wildman–Crippen MR) is 83.8 cm³/mol. The third-order valence-electron chi connectivity index (χ3n) is 4.69. The smallest absolute Gasteiger partial charge is 0.308 e. The van der Waals surface area contributed by atoms with Crippen LogP contribution in [0.2, 0.25) is 0 Å². The zero-order valence-electron chi connectivity index (χ0n) is 12.8. The number of likely N-dealkylation sites (tertiary alicyclic amines) is 1. The summed E-state index contributed by atoms with van der Waals surface area (Å²) < 4.78 is 1.94. The molecule has 22 heavy (non-hydrogen) atoms. The molecule has 1 saturated heterocycles. The van der Waals surface area contributed by atoms with E-state index < -0.39 is 11.9 Å². The number of fused-ring (bicyclic) bond motifs is 1. The second-order valence-corrected chi connectivity index (χ2v) is 6.00. The van der Waals surface area contributed by atoms with Gasteiger partial charge >= 0.3 is 5.97 Å². The van der Waals surface area contributed by atoms with Crippen molar-refractivity contribution in [1.82, 2.24) is 9.47 Å². The van der Waals surface area contributed by atoms with E-state index in [0.29, 0.717) is 18.5 Å². The fourth-order valence-electron chi connectivity index (χ4n) is 3.43. The van der Waals surface area contributed by atoms with Crippen LogP contribution in [0.3, 0.4) is 0 Å². The van der Waals surface area contributed by atoms with Gasteiger partial charge < -0.3 is 14.6 Å². The van der Waals surface area contributed by atoms with Gasteiger partial charge in [0, 0.05) is 36.7 Å². The molecule has 0 saturated carbocycles. The zero-order chi connectivity index (χ0) is 15.9. The average molecular weight is 300 g/mol. The number of benzene rings is 1. The van der Waals surface area contributed by atoms with Crippen LogP contribution in [-0.4, -0.2) is 39.0 Å². The number of hydrogen-bond donors (Lipinski definition) is 1. The molecule has 0 bridgehead atoms. The van der Waals surface area contributed by atoms with Crippen molar-refractivity contribution in [2.24, 2.45) is 13.0 Å². The molecule has 0 aliphatic carbocycles. The minimum Gasteiger partial charge on any atom is -0.481 e. The first-order valence-corrected chi connectivity index (χ1v) is 7.58. The molecule has 1 aromatic heterocycles. The zero-order valence-corrected chi connectivity index (χ0v) is 12.8. The molecule has 1 aliphatic rings. The normalized spacial score (nSPS) is 22.0. The Morgan fingerprint density at radius 2 is 2.00 bits per heavy atom. The van der Waals surface area contributed by atoms with Gasteiger partial charge in [-0.1, -0.05) is 18.2 Å². The highest BCUT2D eigenvalue weighted by Crippen LogP contribution is 2.28. The lowest BCUT2D eigenvalue weighted by Gasteiger charge is -2.37. The van der Waals surface area contributed by atoms with Crippen LogP contribution < -0.4 is 0 Å². The number of para-hydroxylation sites is 1. The summed E-state index contributed by atoms with van der Waals surface area (Å²) in [6, 6.07) is 7.49. The standard InChI is InChI=1S/C17H20N2O3/c1-11-12(17(21)22)7-5-9-19(11)16(20)14-10-18(2)15-8-4-3-6-13(14)15/h3-4,6,8,10-12H,5,7,9H2,1-2H3,(H,21,22)/t11-,12-/m1/s1. The molecule has 1 aliphatic heterocycles. The SMILES string of the molecule is C[C@@H]1[C@H](C(=O)O)CCCN1C(=O)c1cn(C)c2ccccc12. The molecule has 5 heteroatoms. The summed E-state index contributed by atoms with van der Waals surface area (Å²) in [4.78, 5) is 26.0. The number of amides is 1. The Morgan fingerprint density at radius 1 is 1.27 bits per heavy atom. The summed E-state index contributed by atoms with van der Waals surface area (Å²) in [7, 11) is 1.92. The van der Waals surface area contributed by atoms with Crippen molar-refractivity contribution in [2.45, 2.75) is 25.8 Å². The molecule has 116 valence electrons. The minimum atomic E-state index is -0.817. The number of carbonyl (C=O) groups excluding carboxylic acids is 1. The van der Waals surface area contributed by atoms with Crippen LogP contribution in [0.4, 0.5) is 0 Å². The molecular formula is C17H20N2O3. The quantitative estimate of drug-likeness (QED) is 0.927. The molecule has 0 spiro atoms. The van der Waals surface area contributed by atoms with E-state index >= 15 is 0 Å². The Hall–Kier alpha value is -2.30. The summed E-state index contributed by atoms with van der Waals surface area (Å²) in [5.74, 6) is -1.37. The summed E-state index contributed by atoms with van der Waals surface area (Å²) >= 11 is 0. The molecule has 0 radical (unpaired) electrons. The molecular weight excluding hydrogens is 280 g/mol. The van der Waals surface area contributed by atoms with Gasteiger partial charge in [0.2, 0.25) is 0 Å². The molecule has 1 aromatic carbocycles. The van der Waals surface area contributed by atoms with E-state index in [1.807, 2.05) is 49.0 Å². The Bertz CT molecular complexity index is 735. The molecule has 2 atom stereocenters. The molecule has 1 amide bonds. The lowest BCUT2D eigenvalue weighted by molar-refractivity contribution is -0.144. The first kappa shape index (κ1) is 14.6. The third-order valence-corrected chi connectivity index (χ3v) is 4.69. The molecule has 2 aromatic rings. The second-order valence-electron chi connectivity index (χ2n) is 6.00. The maximum absolute atomic E-state index is 12.9. The maximum atomic E-state index is 12.9. The average Bonchev–Trinajstić information content (AvgIpc) is 2.84. The maximum Gasteiger partial charge on any atom is 0.308 e. The van der Waals surface area contributed by atoms with Crippen LogP contribution in [0, 0.1) is 5.92 Å². The van der Waals surface area contributed by atoms with Crippen LogP contribution >= 0.6 is 0 Å². The minimum absolute atomic E-state index is 0.0738. The number of rotatable bonds is 2. The summed E-state index contributed by atoms with van der Waals surface area (Å²) in [5, 5.41) is 10.2. The lowest BCUT2D eigenvalue weighted by atomic mass is 9.90.